The van der Waals surface area contributed by atoms with E-state index in [9.17, 15) is 4.39 Å². The third kappa shape index (κ3) is 3.51. The summed E-state index contributed by atoms with van der Waals surface area (Å²) in [6, 6.07) is 10.2. The minimum atomic E-state index is -0.563. The number of para-hydroxylation sites is 2. The van der Waals surface area contributed by atoms with Gasteiger partial charge in [0.25, 0.3) is 0 Å². The lowest BCUT2D eigenvalue weighted by molar-refractivity contribution is 0.318. The van der Waals surface area contributed by atoms with Gasteiger partial charge in [0, 0.05) is 5.56 Å². The van der Waals surface area contributed by atoms with E-state index in [-0.39, 0.29) is 15.2 Å². The molecule has 0 heterocycles. The fourth-order valence-corrected chi connectivity index (χ4v) is 2.57. The molecule has 0 aromatic heterocycles. The molecular weight excluding hydrogens is 357 g/mol. The van der Waals surface area contributed by atoms with Crippen molar-refractivity contribution in [3.63, 3.8) is 0 Å². The number of hydrogen-bond acceptors (Lipinski definition) is 3. The number of ether oxygens (including phenoxy) is 2. The molecule has 2 aromatic carbocycles. The molecule has 6 heteroatoms. The Bertz CT molecular complexity index is 679. The number of benzene rings is 2. The molecule has 0 aliphatic heterocycles. The molecule has 0 amide bonds. The van der Waals surface area contributed by atoms with E-state index in [1.165, 1.54) is 6.07 Å². The van der Waals surface area contributed by atoms with Crippen molar-refractivity contribution >= 4 is 33.1 Å². The molecule has 21 heavy (non-hydrogen) atoms. The highest BCUT2D eigenvalue weighted by atomic mass is 79.9. The van der Waals surface area contributed by atoms with Crippen LogP contribution in [0, 0.1) is 5.82 Å². The van der Waals surface area contributed by atoms with Gasteiger partial charge in [0.05, 0.1) is 11.1 Å². The summed E-state index contributed by atoms with van der Waals surface area (Å²) in [5, 5.41) is 0. The van der Waals surface area contributed by atoms with E-state index in [1.54, 1.807) is 24.3 Å². The zero-order chi connectivity index (χ0) is 15.4. The predicted molar refractivity (Wildman–Crippen MR) is 87.7 cm³/mol. The second kappa shape index (κ2) is 6.87. The van der Waals surface area contributed by atoms with Gasteiger partial charge in [-0.15, -0.1) is 0 Å². The average molecular weight is 370 g/mol. The van der Waals surface area contributed by atoms with Crippen LogP contribution in [-0.2, 0) is 0 Å². The van der Waals surface area contributed by atoms with Gasteiger partial charge in [-0.1, -0.05) is 24.4 Å². The van der Waals surface area contributed by atoms with Crippen LogP contribution in [-0.4, -0.2) is 11.6 Å². The Morgan fingerprint density at radius 2 is 1.86 bits per heavy atom. The SMILES string of the molecule is CCOc1ccccc1Oc1ccc(C(N)=S)c(Br)c1F. The fourth-order valence-electron chi connectivity index (χ4n) is 1.73. The van der Waals surface area contributed by atoms with Gasteiger partial charge in [-0.2, -0.15) is 0 Å². The first-order valence-corrected chi connectivity index (χ1v) is 7.42. The van der Waals surface area contributed by atoms with Gasteiger partial charge >= 0.3 is 0 Å². The summed E-state index contributed by atoms with van der Waals surface area (Å²) in [5.74, 6) is 0.489. The molecular formula is C15H13BrFNO2S. The molecule has 0 spiro atoms. The van der Waals surface area contributed by atoms with E-state index < -0.39 is 5.82 Å². The maximum atomic E-state index is 14.3. The zero-order valence-electron chi connectivity index (χ0n) is 11.2. The van der Waals surface area contributed by atoms with Crippen LogP contribution in [0.3, 0.4) is 0 Å². The second-order valence-electron chi connectivity index (χ2n) is 4.09. The van der Waals surface area contributed by atoms with Crippen LogP contribution in [0.2, 0.25) is 0 Å². The van der Waals surface area contributed by atoms with Crippen molar-refractivity contribution in [3.05, 3.63) is 52.3 Å². The van der Waals surface area contributed by atoms with Crippen molar-refractivity contribution in [1.29, 1.82) is 0 Å². The Morgan fingerprint density at radius 1 is 1.19 bits per heavy atom. The molecule has 110 valence electrons. The highest BCUT2D eigenvalue weighted by molar-refractivity contribution is 9.10. The summed E-state index contributed by atoms with van der Waals surface area (Å²) in [7, 11) is 0. The zero-order valence-corrected chi connectivity index (χ0v) is 13.6. The van der Waals surface area contributed by atoms with Crippen molar-refractivity contribution < 1.29 is 13.9 Å². The van der Waals surface area contributed by atoms with Crippen LogP contribution in [0.4, 0.5) is 4.39 Å². The lowest BCUT2D eigenvalue weighted by atomic mass is 10.2. The quantitative estimate of drug-likeness (QED) is 0.792. The summed E-state index contributed by atoms with van der Waals surface area (Å²) >= 11 is 8.00. The van der Waals surface area contributed by atoms with Gasteiger partial charge in [0.1, 0.15) is 4.99 Å². The number of hydrogen-bond donors (Lipinski definition) is 1. The van der Waals surface area contributed by atoms with Crippen LogP contribution in [0.5, 0.6) is 17.2 Å². The van der Waals surface area contributed by atoms with Gasteiger partial charge < -0.3 is 15.2 Å². The van der Waals surface area contributed by atoms with E-state index in [2.05, 4.69) is 15.9 Å². The Balaban J connectivity index is 2.37. The maximum absolute atomic E-state index is 14.3. The summed E-state index contributed by atoms with van der Waals surface area (Å²) < 4.78 is 25.5. The number of rotatable bonds is 5. The van der Waals surface area contributed by atoms with Crippen molar-refractivity contribution in [2.75, 3.05) is 6.61 Å². The second-order valence-corrected chi connectivity index (χ2v) is 5.32. The lowest BCUT2D eigenvalue weighted by Crippen LogP contribution is -2.11. The van der Waals surface area contributed by atoms with E-state index >= 15 is 0 Å². The third-order valence-corrected chi connectivity index (χ3v) is 3.68. The van der Waals surface area contributed by atoms with Gasteiger partial charge in [-0.3, -0.25) is 0 Å². The van der Waals surface area contributed by atoms with Crippen molar-refractivity contribution in [2.24, 2.45) is 5.73 Å². The average Bonchev–Trinajstić information content (AvgIpc) is 2.46. The molecule has 2 rings (SSSR count). The van der Waals surface area contributed by atoms with Crippen LogP contribution in [0.25, 0.3) is 0 Å². The number of thiocarbonyl (C=S) groups is 1. The number of nitrogens with two attached hydrogens (primary N) is 1. The molecule has 0 atom stereocenters. The third-order valence-electron chi connectivity index (χ3n) is 2.68. The van der Waals surface area contributed by atoms with Crippen molar-refractivity contribution in [2.45, 2.75) is 6.92 Å². The normalized spacial score (nSPS) is 10.2. The highest BCUT2D eigenvalue weighted by Crippen LogP contribution is 2.35. The smallest absolute Gasteiger partial charge is 0.180 e. The number of halogens is 2. The van der Waals surface area contributed by atoms with Crippen LogP contribution >= 0.6 is 28.1 Å². The summed E-state index contributed by atoms with van der Waals surface area (Å²) in [6.07, 6.45) is 0. The van der Waals surface area contributed by atoms with Crippen molar-refractivity contribution in [3.8, 4) is 17.2 Å². The Kier molecular flexibility index (Phi) is 5.14. The van der Waals surface area contributed by atoms with Crippen LogP contribution < -0.4 is 15.2 Å². The Morgan fingerprint density at radius 3 is 2.48 bits per heavy atom. The molecule has 0 unspecified atom stereocenters. The molecule has 0 aliphatic carbocycles. The molecule has 0 aliphatic rings. The van der Waals surface area contributed by atoms with E-state index in [0.717, 1.165) is 0 Å². The Labute approximate surface area is 136 Å². The van der Waals surface area contributed by atoms with Gasteiger partial charge in [0.2, 0.25) is 0 Å². The predicted octanol–water partition coefficient (Wildman–Crippen LogP) is 4.41. The molecule has 0 radical (unpaired) electrons. The Hall–Kier alpha value is -1.66. The van der Waals surface area contributed by atoms with Gasteiger partial charge in [-0.25, -0.2) is 4.39 Å². The monoisotopic (exact) mass is 369 g/mol. The van der Waals surface area contributed by atoms with E-state index in [4.69, 9.17) is 27.4 Å². The summed E-state index contributed by atoms with van der Waals surface area (Å²) in [6.45, 7) is 2.36. The minimum Gasteiger partial charge on any atom is -0.490 e. The molecule has 0 bridgehead atoms. The molecule has 2 aromatic rings. The molecule has 0 saturated carbocycles. The van der Waals surface area contributed by atoms with Crippen LogP contribution in [0.1, 0.15) is 12.5 Å². The minimum absolute atomic E-state index is 0.0639. The first-order valence-electron chi connectivity index (χ1n) is 6.22. The molecule has 0 fully saturated rings. The van der Waals surface area contributed by atoms with E-state index in [0.29, 0.717) is 23.7 Å². The molecule has 2 N–H and O–H groups in total. The van der Waals surface area contributed by atoms with Gasteiger partial charge in [-0.05, 0) is 47.1 Å². The van der Waals surface area contributed by atoms with Crippen LogP contribution in [0.15, 0.2) is 40.9 Å². The highest BCUT2D eigenvalue weighted by Gasteiger charge is 2.15. The first-order chi connectivity index (χ1) is 10.0. The summed E-state index contributed by atoms with van der Waals surface area (Å²) in [5.41, 5.74) is 5.95. The van der Waals surface area contributed by atoms with Crippen molar-refractivity contribution in [1.82, 2.24) is 0 Å². The first kappa shape index (κ1) is 15.7. The topological polar surface area (TPSA) is 44.5 Å². The molecule has 3 nitrogen and oxygen atoms in total. The van der Waals surface area contributed by atoms with E-state index in [1.807, 2.05) is 13.0 Å². The standard InChI is InChI=1S/C15H13BrFNO2S/c1-2-19-10-5-3-4-6-11(10)20-12-8-7-9(15(18)21)13(16)14(12)17/h3-8H,2H2,1H3,(H2,18,21). The summed E-state index contributed by atoms with van der Waals surface area (Å²) in [4.78, 5) is 0.113. The molecule has 0 saturated heterocycles. The lowest BCUT2D eigenvalue weighted by Gasteiger charge is -2.13. The van der Waals surface area contributed by atoms with Gasteiger partial charge in [0.15, 0.2) is 23.1 Å². The maximum Gasteiger partial charge on any atom is 0.180 e. The largest absolute Gasteiger partial charge is 0.490 e. The fraction of sp³-hybridized carbons (Fsp3) is 0.133.